The highest BCUT2D eigenvalue weighted by Crippen LogP contribution is 2.49. The van der Waals surface area contributed by atoms with Gasteiger partial charge in [0.05, 0.1) is 28.9 Å². The van der Waals surface area contributed by atoms with Crippen LogP contribution in [0.5, 0.6) is 0 Å². The van der Waals surface area contributed by atoms with Crippen molar-refractivity contribution in [1.82, 2.24) is 19.4 Å². The number of carbonyl (C=O) groups is 2. The van der Waals surface area contributed by atoms with Crippen molar-refractivity contribution in [3.63, 3.8) is 0 Å². The van der Waals surface area contributed by atoms with Crippen LogP contribution in [-0.4, -0.2) is 71.1 Å². The number of methoxy groups -OCH3 is 1. The maximum atomic E-state index is 13.4. The van der Waals surface area contributed by atoms with E-state index in [9.17, 15) is 9.59 Å². The average Bonchev–Trinajstić information content (AvgIpc) is 3.43. The summed E-state index contributed by atoms with van der Waals surface area (Å²) in [4.78, 5) is 36.7. The van der Waals surface area contributed by atoms with Crippen LogP contribution in [0.2, 0.25) is 0 Å². The van der Waals surface area contributed by atoms with E-state index in [2.05, 4.69) is 4.98 Å². The van der Waals surface area contributed by atoms with E-state index in [1.165, 1.54) is 11.3 Å². The lowest BCUT2D eigenvalue weighted by molar-refractivity contribution is -0.136. The van der Waals surface area contributed by atoms with Crippen molar-refractivity contribution in [2.45, 2.75) is 19.3 Å². The van der Waals surface area contributed by atoms with Crippen molar-refractivity contribution in [2.75, 3.05) is 39.9 Å². The van der Waals surface area contributed by atoms with Gasteiger partial charge >= 0.3 is 0 Å². The van der Waals surface area contributed by atoms with Gasteiger partial charge < -0.3 is 19.1 Å². The van der Waals surface area contributed by atoms with Gasteiger partial charge in [-0.2, -0.15) is 0 Å². The van der Waals surface area contributed by atoms with Gasteiger partial charge in [-0.05, 0) is 25.5 Å². The lowest BCUT2D eigenvalue weighted by Crippen LogP contribution is -2.41. The number of amides is 2. The van der Waals surface area contributed by atoms with E-state index < -0.39 is 5.41 Å². The molecule has 28 heavy (non-hydrogen) atoms. The minimum atomic E-state index is -0.593. The topological polar surface area (TPSA) is 67.7 Å². The number of likely N-dealkylation sites (tertiary alicyclic amines) is 2. The quantitative estimate of drug-likeness (QED) is 0.766. The molecule has 0 aromatic carbocycles. The molecule has 2 unspecified atom stereocenters. The van der Waals surface area contributed by atoms with Crippen LogP contribution in [0.1, 0.15) is 32.6 Å². The maximum Gasteiger partial charge on any atom is 0.263 e. The number of nitrogens with zero attached hydrogens (tertiary/aromatic N) is 4. The molecule has 2 saturated heterocycles. The number of ether oxygens (including phenoxy) is 1. The van der Waals surface area contributed by atoms with Gasteiger partial charge in [0, 0.05) is 57.3 Å². The lowest BCUT2D eigenvalue weighted by Gasteiger charge is -2.27. The molecule has 4 heterocycles. The summed E-state index contributed by atoms with van der Waals surface area (Å²) in [5.41, 5.74) is 0.298. The number of rotatable bonds is 5. The van der Waals surface area contributed by atoms with E-state index in [-0.39, 0.29) is 17.7 Å². The Hall–Kier alpha value is -2.19. The first kappa shape index (κ1) is 19.1. The number of hydrogen-bond donors (Lipinski definition) is 0. The van der Waals surface area contributed by atoms with Gasteiger partial charge in [-0.25, -0.2) is 4.98 Å². The first-order chi connectivity index (χ1) is 13.4. The molecule has 2 aromatic heterocycles. The Kier molecular flexibility index (Phi) is 5.01. The largest absolute Gasteiger partial charge is 0.383 e. The molecule has 150 valence electrons. The number of aryl methyl sites for hydroxylation is 2. The molecule has 0 N–H and O–H groups in total. The van der Waals surface area contributed by atoms with E-state index in [1.807, 2.05) is 46.7 Å². The number of imidazole rings is 1. The van der Waals surface area contributed by atoms with E-state index in [0.717, 1.165) is 21.9 Å². The highest BCUT2D eigenvalue weighted by molar-refractivity contribution is 7.13. The lowest BCUT2D eigenvalue weighted by atomic mass is 9.75. The van der Waals surface area contributed by atoms with E-state index in [0.29, 0.717) is 32.8 Å². The van der Waals surface area contributed by atoms with Crippen LogP contribution in [0, 0.1) is 12.3 Å². The highest BCUT2D eigenvalue weighted by Gasteiger charge is 2.58. The number of carbonyl (C=O) groups excluding carboxylic acids is 2. The zero-order valence-corrected chi connectivity index (χ0v) is 17.4. The van der Waals surface area contributed by atoms with Crippen molar-refractivity contribution in [3.8, 4) is 0 Å². The van der Waals surface area contributed by atoms with Gasteiger partial charge in [-0.1, -0.05) is 0 Å². The van der Waals surface area contributed by atoms with Crippen LogP contribution in [0.25, 0.3) is 0 Å². The van der Waals surface area contributed by atoms with Gasteiger partial charge in [0.15, 0.2) is 0 Å². The van der Waals surface area contributed by atoms with Crippen LogP contribution >= 0.6 is 11.3 Å². The molecule has 0 aliphatic carbocycles. The fraction of sp³-hybridized carbons (Fsp3) is 0.550. The zero-order chi connectivity index (χ0) is 19.9. The minimum absolute atomic E-state index is 0.0130. The molecule has 1 spiro atoms. The number of thiophene rings is 1. The first-order valence-electron chi connectivity index (χ1n) is 9.56. The minimum Gasteiger partial charge on any atom is -0.383 e. The molecule has 7 nitrogen and oxygen atoms in total. The number of aromatic nitrogens is 2. The molecular formula is C20H26N4O3S. The molecule has 2 amide bonds. The molecule has 2 fully saturated rings. The van der Waals surface area contributed by atoms with Crippen LogP contribution < -0.4 is 0 Å². The molecule has 2 aliphatic heterocycles. The van der Waals surface area contributed by atoms with Gasteiger partial charge in [0.2, 0.25) is 5.91 Å². The van der Waals surface area contributed by atoms with Gasteiger partial charge in [0.25, 0.3) is 5.91 Å². The molecule has 0 bridgehead atoms. The SMILES string of the molecule is COCCN1CCC2(CN(C(=O)c3ccc(C)s3)CC2c2cn(C)cn2)C1=O. The van der Waals surface area contributed by atoms with Crippen molar-refractivity contribution in [2.24, 2.45) is 12.5 Å². The van der Waals surface area contributed by atoms with Gasteiger partial charge in [-0.15, -0.1) is 11.3 Å². The fourth-order valence-corrected chi connectivity index (χ4v) is 5.34. The monoisotopic (exact) mass is 402 g/mol. The summed E-state index contributed by atoms with van der Waals surface area (Å²) in [5, 5.41) is 0. The Balaban J connectivity index is 1.65. The standard InChI is InChI=1S/C20H26N4O3S/c1-14-4-5-17(28-14)18(25)24-10-15(16-11-22(2)13-21-16)20(12-24)6-7-23(19(20)26)8-9-27-3/h4-5,11,13,15H,6-10,12H2,1-3H3. The summed E-state index contributed by atoms with van der Waals surface area (Å²) in [6.07, 6.45) is 4.48. The summed E-state index contributed by atoms with van der Waals surface area (Å²) in [6.45, 7) is 4.78. The third kappa shape index (κ3) is 3.14. The molecule has 4 rings (SSSR count). The molecule has 2 aromatic rings. The van der Waals surface area contributed by atoms with Crippen molar-refractivity contribution >= 4 is 23.2 Å². The van der Waals surface area contributed by atoms with E-state index >= 15 is 0 Å². The van der Waals surface area contributed by atoms with Gasteiger partial charge in [0.1, 0.15) is 0 Å². The normalized spacial score (nSPS) is 24.7. The average molecular weight is 403 g/mol. The van der Waals surface area contributed by atoms with E-state index in [4.69, 9.17) is 4.74 Å². The summed E-state index contributed by atoms with van der Waals surface area (Å²) < 4.78 is 7.07. The Bertz CT molecular complexity index is 892. The summed E-state index contributed by atoms with van der Waals surface area (Å²) in [5.74, 6) is 0.0515. The van der Waals surface area contributed by atoms with Crippen LogP contribution in [0.3, 0.4) is 0 Å². The first-order valence-corrected chi connectivity index (χ1v) is 10.4. The molecule has 2 aliphatic rings. The fourth-order valence-electron chi connectivity index (χ4n) is 4.50. The van der Waals surface area contributed by atoms with Crippen molar-refractivity contribution in [1.29, 1.82) is 0 Å². The second-order valence-electron chi connectivity index (χ2n) is 7.80. The molecule has 8 heteroatoms. The third-order valence-corrected chi connectivity index (χ3v) is 6.96. The predicted octanol–water partition coefficient (Wildman–Crippen LogP) is 1.89. The molecule has 0 saturated carbocycles. The Morgan fingerprint density at radius 1 is 1.43 bits per heavy atom. The van der Waals surface area contributed by atoms with Gasteiger partial charge in [-0.3, -0.25) is 9.59 Å². The summed E-state index contributed by atoms with van der Waals surface area (Å²) in [6, 6.07) is 3.84. The molecule has 2 atom stereocenters. The third-order valence-electron chi connectivity index (χ3n) is 5.97. The van der Waals surface area contributed by atoms with Crippen LogP contribution in [0.4, 0.5) is 0 Å². The van der Waals surface area contributed by atoms with Crippen molar-refractivity contribution < 1.29 is 14.3 Å². The summed E-state index contributed by atoms with van der Waals surface area (Å²) in [7, 11) is 3.57. The Morgan fingerprint density at radius 3 is 2.89 bits per heavy atom. The summed E-state index contributed by atoms with van der Waals surface area (Å²) >= 11 is 1.50. The molecule has 0 radical (unpaired) electrons. The molecular weight excluding hydrogens is 376 g/mol. The maximum absolute atomic E-state index is 13.4. The smallest absolute Gasteiger partial charge is 0.263 e. The Labute approximate surface area is 168 Å². The number of hydrogen-bond acceptors (Lipinski definition) is 5. The van der Waals surface area contributed by atoms with Crippen LogP contribution in [-0.2, 0) is 16.6 Å². The van der Waals surface area contributed by atoms with Crippen LogP contribution in [0.15, 0.2) is 24.7 Å². The van der Waals surface area contributed by atoms with Crippen molar-refractivity contribution in [3.05, 3.63) is 40.1 Å². The zero-order valence-electron chi connectivity index (χ0n) is 16.6. The highest BCUT2D eigenvalue weighted by atomic mass is 32.1. The second-order valence-corrected chi connectivity index (χ2v) is 9.09. The van der Waals surface area contributed by atoms with E-state index in [1.54, 1.807) is 13.4 Å². The second kappa shape index (κ2) is 7.33. The predicted molar refractivity (Wildman–Crippen MR) is 106 cm³/mol. The Morgan fingerprint density at radius 2 is 2.25 bits per heavy atom.